The molecule has 0 unspecified atom stereocenters. The Morgan fingerprint density at radius 3 is 2.60 bits per heavy atom. The number of rotatable bonds is 3. The van der Waals surface area contributed by atoms with Crippen LogP contribution in [-0.4, -0.2) is 49.6 Å². The number of hydrogen-bond donors (Lipinski definition) is 1. The van der Waals surface area contributed by atoms with Crippen molar-refractivity contribution in [1.29, 1.82) is 0 Å². The van der Waals surface area contributed by atoms with Gasteiger partial charge in [0.15, 0.2) is 0 Å². The predicted octanol–water partition coefficient (Wildman–Crippen LogP) is 2.49. The number of hydrogen-bond acceptors (Lipinski definition) is 3. The minimum absolute atomic E-state index is 0.0268. The molecule has 136 valence electrons. The lowest BCUT2D eigenvalue weighted by molar-refractivity contribution is -0.117. The molecule has 2 saturated heterocycles. The van der Waals surface area contributed by atoms with Crippen molar-refractivity contribution in [2.24, 2.45) is 11.8 Å². The second-order valence-electron chi connectivity index (χ2n) is 7.41. The zero-order chi connectivity index (χ0) is 18.0. The quantitative estimate of drug-likeness (QED) is 0.915. The summed E-state index contributed by atoms with van der Waals surface area (Å²) in [5, 5.41) is 3.04. The van der Waals surface area contributed by atoms with E-state index in [0.717, 1.165) is 25.2 Å². The summed E-state index contributed by atoms with van der Waals surface area (Å²) in [5.41, 5.74) is 0.807. The molecule has 0 spiro atoms. The fourth-order valence-corrected chi connectivity index (χ4v) is 3.93. The van der Waals surface area contributed by atoms with E-state index in [9.17, 15) is 9.59 Å². The van der Waals surface area contributed by atoms with Gasteiger partial charge in [-0.3, -0.25) is 4.79 Å². The van der Waals surface area contributed by atoms with Gasteiger partial charge in [-0.15, -0.1) is 0 Å². The van der Waals surface area contributed by atoms with Gasteiger partial charge >= 0.3 is 6.03 Å². The zero-order valence-electron chi connectivity index (χ0n) is 15.2. The number of anilines is 1. The molecule has 0 aromatic heterocycles. The minimum Gasteiger partial charge on any atom is -0.497 e. The van der Waals surface area contributed by atoms with Crippen LogP contribution in [-0.2, 0) is 4.79 Å². The van der Waals surface area contributed by atoms with Gasteiger partial charge in [-0.2, -0.15) is 0 Å². The molecule has 0 radical (unpaired) electrons. The lowest BCUT2D eigenvalue weighted by Crippen LogP contribution is -2.50. The van der Waals surface area contributed by atoms with Crippen molar-refractivity contribution in [3.05, 3.63) is 24.3 Å². The molecule has 0 aliphatic carbocycles. The van der Waals surface area contributed by atoms with E-state index in [1.165, 1.54) is 0 Å². The van der Waals surface area contributed by atoms with Gasteiger partial charge in [-0.25, -0.2) is 4.79 Å². The molecular weight excluding hydrogens is 318 g/mol. The van der Waals surface area contributed by atoms with Crippen molar-refractivity contribution in [2.75, 3.05) is 31.6 Å². The molecule has 2 fully saturated rings. The molecular formula is C19H27N3O3. The first kappa shape index (κ1) is 17.6. The maximum atomic E-state index is 12.6. The Labute approximate surface area is 149 Å². The van der Waals surface area contributed by atoms with Gasteiger partial charge in [0.2, 0.25) is 5.91 Å². The van der Waals surface area contributed by atoms with Crippen molar-refractivity contribution in [3.63, 3.8) is 0 Å². The first-order valence-electron chi connectivity index (χ1n) is 8.96. The topological polar surface area (TPSA) is 61.9 Å². The predicted molar refractivity (Wildman–Crippen MR) is 96.8 cm³/mol. The number of ether oxygens (including phenoxy) is 1. The fourth-order valence-electron chi connectivity index (χ4n) is 3.93. The Bertz CT molecular complexity index is 639. The molecule has 2 aliphatic rings. The van der Waals surface area contributed by atoms with E-state index in [0.29, 0.717) is 30.6 Å². The van der Waals surface area contributed by atoms with Crippen LogP contribution in [0.25, 0.3) is 0 Å². The highest BCUT2D eigenvalue weighted by atomic mass is 16.5. The van der Waals surface area contributed by atoms with Gasteiger partial charge in [-0.1, -0.05) is 19.9 Å². The molecule has 0 bridgehead atoms. The number of amides is 3. The fraction of sp³-hybridized carbons (Fsp3) is 0.579. The molecule has 0 saturated carbocycles. The van der Waals surface area contributed by atoms with Crippen LogP contribution in [0.3, 0.4) is 0 Å². The van der Waals surface area contributed by atoms with Crippen LogP contribution in [0.5, 0.6) is 5.75 Å². The maximum absolute atomic E-state index is 12.6. The number of carbonyl (C=O) groups is 2. The first-order chi connectivity index (χ1) is 12.0. The highest BCUT2D eigenvalue weighted by Gasteiger charge is 2.33. The summed E-state index contributed by atoms with van der Waals surface area (Å²) >= 11 is 0. The molecule has 6 nitrogen and oxygen atoms in total. The Balaban J connectivity index is 1.61. The highest BCUT2D eigenvalue weighted by molar-refractivity contribution is 5.97. The average molecular weight is 345 g/mol. The van der Waals surface area contributed by atoms with Crippen molar-refractivity contribution < 1.29 is 14.3 Å². The Morgan fingerprint density at radius 2 is 1.92 bits per heavy atom. The smallest absolute Gasteiger partial charge is 0.317 e. The van der Waals surface area contributed by atoms with Crippen LogP contribution >= 0.6 is 0 Å². The van der Waals surface area contributed by atoms with Crippen LogP contribution in [0.4, 0.5) is 10.5 Å². The summed E-state index contributed by atoms with van der Waals surface area (Å²) in [5.74, 6) is 1.79. The molecule has 25 heavy (non-hydrogen) atoms. The number of likely N-dealkylation sites (tertiary alicyclic amines) is 1. The van der Waals surface area contributed by atoms with Gasteiger partial charge in [-0.05, 0) is 30.4 Å². The molecule has 2 heterocycles. The summed E-state index contributed by atoms with van der Waals surface area (Å²) in [7, 11) is 1.61. The van der Waals surface area contributed by atoms with E-state index >= 15 is 0 Å². The second-order valence-corrected chi connectivity index (χ2v) is 7.41. The third kappa shape index (κ3) is 4.06. The average Bonchev–Trinajstić information content (AvgIpc) is 2.94. The second kappa shape index (κ2) is 7.33. The first-order valence-corrected chi connectivity index (χ1v) is 8.96. The monoisotopic (exact) mass is 345 g/mol. The van der Waals surface area contributed by atoms with Crippen molar-refractivity contribution in [2.45, 2.75) is 32.7 Å². The number of methoxy groups -OCH3 is 1. The van der Waals surface area contributed by atoms with Crippen LogP contribution in [0.2, 0.25) is 0 Å². The largest absolute Gasteiger partial charge is 0.497 e. The number of urea groups is 1. The molecule has 2 aliphatic heterocycles. The maximum Gasteiger partial charge on any atom is 0.317 e. The van der Waals surface area contributed by atoms with Crippen LogP contribution in [0, 0.1) is 11.8 Å². The van der Waals surface area contributed by atoms with E-state index in [1.807, 2.05) is 29.2 Å². The Hall–Kier alpha value is -2.24. The number of piperidine rings is 1. The molecule has 1 aromatic carbocycles. The lowest BCUT2D eigenvalue weighted by atomic mass is 9.92. The van der Waals surface area contributed by atoms with Crippen molar-refractivity contribution in [1.82, 2.24) is 10.2 Å². The zero-order valence-corrected chi connectivity index (χ0v) is 15.2. The molecule has 6 heteroatoms. The molecule has 3 rings (SSSR count). The van der Waals surface area contributed by atoms with Crippen LogP contribution < -0.4 is 15.0 Å². The van der Waals surface area contributed by atoms with E-state index in [-0.39, 0.29) is 18.0 Å². The third-order valence-electron chi connectivity index (χ3n) is 4.97. The molecule has 3 atom stereocenters. The summed E-state index contributed by atoms with van der Waals surface area (Å²) in [6, 6.07) is 7.24. The number of carbonyl (C=O) groups excluding carboxylic acids is 2. The van der Waals surface area contributed by atoms with Gasteiger partial charge in [0.25, 0.3) is 0 Å². The van der Waals surface area contributed by atoms with E-state index in [1.54, 1.807) is 12.0 Å². The Morgan fingerprint density at radius 1 is 1.20 bits per heavy atom. The van der Waals surface area contributed by atoms with E-state index < -0.39 is 0 Å². The summed E-state index contributed by atoms with van der Waals surface area (Å²) in [6.07, 6.45) is 1.50. The molecule has 1 N–H and O–H groups in total. The standard InChI is InChI=1S/C19H27N3O3/c1-13-7-14(2)11-21(10-13)19(24)20-15-8-18(23)22(12-15)16-5-4-6-17(9-16)25-3/h4-6,9,13-15H,7-8,10-12H2,1-3H3,(H,20,24)/t13-,14-,15+/m0/s1. The van der Waals surface area contributed by atoms with Gasteiger partial charge in [0.1, 0.15) is 5.75 Å². The SMILES string of the molecule is COc1cccc(N2C[C@H](NC(=O)N3C[C@@H](C)C[C@H](C)C3)CC2=O)c1. The van der Waals surface area contributed by atoms with E-state index in [4.69, 9.17) is 4.74 Å². The summed E-state index contributed by atoms with van der Waals surface area (Å²) in [4.78, 5) is 28.5. The van der Waals surface area contributed by atoms with Gasteiger partial charge < -0.3 is 19.9 Å². The highest BCUT2D eigenvalue weighted by Crippen LogP contribution is 2.26. The summed E-state index contributed by atoms with van der Waals surface area (Å²) in [6.45, 7) is 6.43. The molecule has 3 amide bonds. The third-order valence-corrected chi connectivity index (χ3v) is 4.97. The lowest BCUT2D eigenvalue weighted by Gasteiger charge is -2.35. The normalized spacial score (nSPS) is 26.7. The van der Waals surface area contributed by atoms with Crippen molar-refractivity contribution in [3.8, 4) is 5.75 Å². The van der Waals surface area contributed by atoms with Gasteiger partial charge in [0, 0.05) is 37.8 Å². The van der Waals surface area contributed by atoms with Crippen LogP contribution in [0.15, 0.2) is 24.3 Å². The number of nitrogens with one attached hydrogen (secondary N) is 1. The van der Waals surface area contributed by atoms with E-state index in [2.05, 4.69) is 19.2 Å². The summed E-state index contributed by atoms with van der Waals surface area (Å²) < 4.78 is 5.23. The number of nitrogens with zero attached hydrogens (tertiary/aromatic N) is 2. The number of benzene rings is 1. The van der Waals surface area contributed by atoms with Gasteiger partial charge in [0.05, 0.1) is 13.2 Å². The Kier molecular flexibility index (Phi) is 5.16. The molecule has 1 aromatic rings. The minimum atomic E-state index is -0.154. The van der Waals surface area contributed by atoms with Crippen LogP contribution in [0.1, 0.15) is 26.7 Å². The van der Waals surface area contributed by atoms with Crippen molar-refractivity contribution >= 4 is 17.6 Å².